The Morgan fingerprint density at radius 2 is 1.83 bits per heavy atom. The second kappa shape index (κ2) is 6.46. The summed E-state index contributed by atoms with van der Waals surface area (Å²) >= 11 is 16.8. The van der Waals surface area contributed by atoms with Gasteiger partial charge in [-0.25, -0.2) is 4.68 Å². The van der Waals surface area contributed by atoms with Crippen molar-refractivity contribution in [2.45, 2.75) is 20.8 Å². The Labute approximate surface area is 153 Å². The molecular weight excluding hydrogens is 364 g/mol. The third-order valence-corrected chi connectivity index (χ3v) is 4.52. The lowest BCUT2D eigenvalue weighted by molar-refractivity contribution is 0.848. The van der Waals surface area contributed by atoms with E-state index < -0.39 is 0 Å². The molecule has 2 aromatic heterocycles. The van der Waals surface area contributed by atoms with E-state index in [1.807, 2.05) is 32.9 Å². The number of nitrogens with zero attached hydrogens (tertiary/aromatic N) is 4. The van der Waals surface area contributed by atoms with Gasteiger partial charge in [-0.1, -0.05) is 23.7 Å². The van der Waals surface area contributed by atoms with Crippen molar-refractivity contribution < 1.29 is 0 Å². The van der Waals surface area contributed by atoms with Gasteiger partial charge in [0, 0.05) is 0 Å². The summed E-state index contributed by atoms with van der Waals surface area (Å²) in [4.78, 5) is 0. The highest BCUT2D eigenvalue weighted by atomic mass is 35.5. The molecule has 3 rings (SSSR count). The Balaban J connectivity index is 2.09. The van der Waals surface area contributed by atoms with E-state index in [1.165, 1.54) is 4.68 Å². The molecule has 3 aromatic rings. The van der Waals surface area contributed by atoms with Gasteiger partial charge in [0.1, 0.15) is 5.15 Å². The molecule has 0 amide bonds. The van der Waals surface area contributed by atoms with Crippen LogP contribution >= 0.6 is 36.0 Å². The molecule has 0 spiro atoms. The van der Waals surface area contributed by atoms with Gasteiger partial charge in [-0.2, -0.15) is 14.9 Å². The first-order valence-corrected chi connectivity index (χ1v) is 8.34. The van der Waals surface area contributed by atoms with E-state index in [2.05, 4.69) is 26.5 Å². The first-order valence-electron chi connectivity index (χ1n) is 7.15. The van der Waals surface area contributed by atoms with Gasteiger partial charge in [0.2, 0.25) is 9.54 Å². The molecular formula is C15H15ClN6S2. The summed E-state index contributed by atoms with van der Waals surface area (Å²) in [6.07, 6.45) is 1.61. The third-order valence-electron chi connectivity index (χ3n) is 3.60. The van der Waals surface area contributed by atoms with Crippen molar-refractivity contribution in [1.29, 1.82) is 0 Å². The van der Waals surface area contributed by atoms with Gasteiger partial charge in [0.25, 0.3) is 0 Å². The fourth-order valence-electron chi connectivity index (χ4n) is 2.29. The number of benzene rings is 1. The molecule has 2 N–H and O–H groups in total. The molecule has 2 heterocycles. The van der Waals surface area contributed by atoms with Crippen LogP contribution in [-0.2, 0) is 0 Å². The largest absolute Gasteiger partial charge is 0.273 e. The normalized spacial score (nSPS) is 11.5. The van der Waals surface area contributed by atoms with E-state index >= 15 is 0 Å². The third kappa shape index (κ3) is 3.00. The molecule has 0 aliphatic carbocycles. The Kier molecular flexibility index (Phi) is 4.53. The highest BCUT2D eigenvalue weighted by Crippen LogP contribution is 2.24. The van der Waals surface area contributed by atoms with Gasteiger partial charge in [-0.15, -0.1) is 0 Å². The number of aromatic nitrogens is 5. The predicted molar refractivity (Wildman–Crippen MR) is 101 cm³/mol. The van der Waals surface area contributed by atoms with Crippen molar-refractivity contribution in [1.82, 2.24) is 24.7 Å². The van der Waals surface area contributed by atoms with Crippen LogP contribution in [-0.4, -0.2) is 30.9 Å². The minimum Gasteiger partial charge on any atom is -0.273 e. The number of hydrogen-bond donors (Lipinski definition) is 2. The van der Waals surface area contributed by atoms with Crippen LogP contribution in [0.2, 0.25) is 5.15 Å². The summed E-state index contributed by atoms with van der Waals surface area (Å²) in [7, 11) is 0. The van der Waals surface area contributed by atoms with Crippen molar-refractivity contribution >= 4 is 42.3 Å². The highest BCUT2D eigenvalue weighted by molar-refractivity contribution is 7.72. The highest BCUT2D eigenvalue weighted by Gasteiger charge is 2.15. The number of hydrogen-bond acceptors (Lipinski definition) is 4. The maximum absolute atomic E-state index is 6.54. The lowest BCUT2D eigenvalue weighted by atomic mass is 10.1. The van der Waals surface area contributed by atoms with Crippen LogP contribution in [0.3, 0.4) is 0 Å². The lowest BCUT2D eigenvalue weighted by Gasteiger charge is -2.08. The molecule has 9 heteroatoms. The van der Waals surface area contributed by atoms with E-state index in [0.717, 1.165) is 28.1 Å². The fourth-order valence-corrected chi connectivity index (χ4v) is 3.04. The molecule has 0 saturated carbocycles. The van der Waals surface area contributed by atoms with Gasteiger partial charge >= 0.3 is 0 Å². The molecule has 124 valence electrons. The summed E-state index contributed by atoms with van der Waals surface area (Å²) in [6.45, 7) is 5.94. The Morgan fingerprint density at radius 1 is 1.17 bits per heavy atom. The number of aryl methyl sites for hydroxylation is 3. The van der Waals surface area contributed by atoms with Crippen molar-refractivity contribution in [2.24, 2.45) is 5.10 Å². The minimum absolute atomic E-state index is 0.381. The van der Waals surface area contributed by atoms with Crippen LogP contribution < -0.4 is 0 Å². The van der Waals surface area contributed by atoms with E-state index in [-0.39, 0.29) is 0 Å². The maximum atomic E-state index is 6.54. The number of halogens is 1. The minimum atomic E-state index is 0.381. The van der Waals surface area contributed by atoms with Crippen LogP contribution in [0.1, 0.15) is 22.4 Å². The van der Waals surface area contributed by atoms with E-state index in [9.17, 15) is 0 Å². The number of aromatic amines is 2. The van der Waals surface area contributed by atoms with Crippen LogP contribution in [0.4, 0.5) is 0 Å². The maximum Gasteiger partial charge on any atom is 0.215 e. The van der Waals surface area contributed by atoms with Gasteiger partial charge in [-0.05, 0) is 62.4 Å². The van der Waals surface area contributed by atoms with Crippen molar-refractivity contribution in [2.75, 3.05) is 0 Å². The van der Waals surface area contributed by atoms with Gasteiger partial charge in [0.15, 0.2) is 0 Å². The van der Waals surface area contributed by atoms with Crippen molar-refractivity contribution in [3.63, 3.8) is 0 Å². The van der Waals surface area contributed by atoms with Crippen molar-refractivity contribution in [3.05, 3.63) is 55.3 Å². The van der Waals surface area contributed by atoms with E-state index in [0.29, 0.717) is 14.7 Å². The van der Waals surface area contributed by atoms with E-state index in [4.69, 9.17) is 36.0 Å². The molecule has 6 nitrogen and oxygen atoms in total. The summed E-state index contributed by atoms with van der Waals surface area (Å²) < 4.78 is 3.90. The average molecular weight is 379 g/mol. The Bertz CT molecular complexity index is 1030. The molecule has 1 aromatic carbocycles. The second-order valence-electron chi connectivity index (χ2n) is 5.41. The van der Waals surface area contributed by atoms with Gasteiger partial charge in [-0.3, -0.25) is 10.2 Å². The first-order chi connectivity index (χ1) is 11.4. The van der Waals surface area contributed by atoms with Gasteiger partial charge < -0.3 is 0 Å². The lowest BCUT2D eigenvalue weighted by Crippen LogP contribution is -2.00. The molecule has 0 saturated heterocycles. The molecule has 0 unspecified atom stereocenters. The standard InChI is InChI=1S/C15H15ClN6S2/c1-8-4-5-9(2)12(6-8)21-13(16)11(10(3)20-21)7-17-22-14(23)18-19-15(22)24/h4-7H,1-3H3,(H,18,23)(H,19,24)/b17-7+. The number of H-pyrrole nitrogens is 2. The number of rotatable bonds is 3. The SMILES string of the molecule is Cc1ccc(C)c(-n2nc(C)c(/C=N/n3c(=S)[nH][nH]c3=S)c2Cl)c1. The molecule has 0 bridgehead atoms. The summed E-state index contributed by atoms with van der Waals surface area (Å²) in [5.74, 6) is 0. The molecule has 24 heavy (non-hydrogen) atoms. The quantitative estimate of drug-likeness (QED) is 0.529. The predicted octanol–water partition coefficient (Wildman–Crippen LogP) is 4.25. The average Bonchev–Trinajstić information content (AvgIpc) is 3.00. The van der Waals surface area contributed by atoms with Crippen LogP contribution in [0.25, 0.3) is 5.69 Å². The molecule has 0 fully saturated rings. The van der Waals surface area contributed by atoms with Crippen LogP contribution in [0.15, 0.2) is 23.3 Å². The van der Waals surface area contributed by atoms with Crippen LogP contribution in [0.5, 0.6) is 0 Å². The molecule has 0 aliphatic heterocycles. The summed E-state index contributed by atoms with van der Waals surface area (Å²) in [5.41, 5.74) is 4.65. The number of nitrogens with one attached hydrogen (secondary N) is 2. The topological polar surface area (TPSA) is 66.7 Å². The zero-order valence-corrected chi connectivity index (χ0v) is 15.7. The first kappa shape index (κ1) is 16.8. The molecule has 0 aliphatic rings. The Hall–Kier alpha value is -2.03. The molecule has 0 atom stereocenters. The second-order valence-corrected chi connectivity index (χ2v) is 6.54. The van der Waals surface area contributed by atoms with Crippen molar-refractivity contribution in [3.8, 4) is 5.69 Å². The zero-order chi connectivity index (χ0) is 17.4. The zero-order valence-electron chi connectivity index (χ0n) is 13.3. The van der Waals surface area contributed by atoms with E-state index in [1.54, 1.807) is 10.9 Å². The Morgan fingerprint density at radius 3 is 2.50 bits per heavy atom. The summed E-state index contributed by atoms with van der Waals surface area (Å²) in [6, 6.07) is 6.15. The van der Waals surface area contributed by atoms with Gasteiger partial charge in [0.05, 0.1) is 23.2 Å². The monoisotopic (exact) mass is 378 g/mol. The fraction of sp³-hybridized carbons (Fsp3) is 0.200. The smallest absolute Gasteiger partial charge is 0.215 e. The summed E-state index contributed by atoms with van der Waals surface area (Å²) in [5, 5.41) is 14.8. The molecule has 0 radical (unpaired) electrons. The van der Waals surface area contributed by atoms with Crippen LogP contribution in [0, 0.1) is 30.3 Å².